The number of nitrogens with two attached hydrogens (primary N) is 1. The molecule has 3 aromatic rings. The van der Waals surface area contributed by atoms with E-state index in [-0.39, 0.29) is 10.8 Å². The fourth-order valence-corrected chi connectivity index (χ4v) is 3.57. The minimum atomic E-state index is -0.482. The van der Waals surface area contributed by atoms with Gasteiger partial charge in [-0.2, -0.15) is 0 Å². The van der Waals surface area contributed by atoms with Gasteiger partial charge in [0, 0.05) is 25.7 Å². The number of benzene rings is 2. The van der Waals surface area contributed by atoms with Crippen molar-refractivity contribution in [2.45, 2.75) is 26.2 Å². The van der Waals surface area contributed by atoms with Crippen molar-refractivity contribution in [1.82, 2.24) is 0 Å². The molecule has 1 amide bonds. The Kier molecular flexibility index (Phi) is 3.29. The van der Waals surface area contributed by atoms with Gasteiger partial charge in [0.15, 0.2) is 5.43 Å². The van der Waals surface area contributed by atoms with Crippen molar-refractivity contribution in [3.63, 3.8) is 0 Å². The van der Waals surface area contributed by atoms with Crippen molar-refractivity contribution in [2.24, 2.45) is 5.73 Å². The van der Waals surface area contributed by atoms with Crippen LogP contribution in [0.25, 0.3) is 20.2 Å². The first-order valence-electron chi connectivity index (χ1n) is 7.08. The molecule has 0 bridgehead atoms. The first kappa shape index (κ1) is 14.7. The summed E-state index contributed by atoms with van der Waals surface area (Å²) in [7, 11) is 0. The lowest BCUT2D eigenvalue weighted by Crippen LogP contribution is -2.12. The molecule has 0 radical (unpaired) electrons. The molecule has 0 aliphatic carbocycles. The van der Waals surface area contributed by atoms with Crippen LogP contribution in [0.1, 0.15) is 36.7 Å². The first-order chi connectivity index (χ1) is 10.3. The molecule has 0 saturated carbocycles. The summed E-state index contributed by atoms with van der Waals surface area (Å²) in [4.78, 5) is 24.0. The third-order valence-electron chi connectivity index (χ3n) is 3.82. The van der Waals surface area contributed by atoms with E-state index in [4.69, 9.17) is 5.73 Å². The van der Waals surface area contributed by atoms with E-state index in [2.05, 4.69) is 26.8 Å². The van der Waals surface area contributed by atoms with Crippen molar-refractivity contribution in [3.05, 3.63) is 57.7 Å². The Morgan fingerprint density at radius 1 is 1.00 bits per heavy atom. The van der Waals surface area contributed by atoms with Gasteiger partial charge in [0.1, 0.15) is 0 Å². The summed E-state index contributed by atoms with van der Waals surface area (Å²) >= 11 is 1.51. The molecule has 0 aliphatic heterocycles. The Labute approximate surface area is 132 Å². The maximum Gasteiger partial charge on any atom is 0.248 e. The van der Waals surface area contributed by atoms with Gasteiger partial charge in [0.05, 0.1) is 0 Å². The number of amides is 1. The standard InChI is InChI=1S/C18H17NO2S/c1-18(2,3)11-5-7-14-13(9-11)16(20)12-6-4-10(17(19)21)8-15(12)22-14/h4-9H,1-3H3,(H2,19,21). The monoisotopic (exact) mass is 311 g/mol. The maximum atomic E-state index is 12.7. The summed E-state index contributed by atoms with van der Waals surface area (Å²) in [6, 6.07) is 11.0. The van der Waals surface area contributed by atoms with Crippen molar-refractivity contribution >= 4 is 37.4 Å². The zero-order valence-electron chi connectivity index (χ0n) is 12.8. The van der Waals surface area contributed by atoms with Crippen LogP contribution in [0.5, 0.6) is 0 Å². The molecule has 3 nitrogen and oxygen atoms in total. The quantitative estimate of drug-likeness (QED) is 0.695. The van der Waals surface area contributed by atoms with E-state index >= 15 is 0 Å². The molecular weight excluding hydrogens is 294 g/mol. The van der Waals surface area contributed by atoms with Gasteiger partial charge in [-0.25, -0.2) is 0 Å². The second kappa shape index (κ2) is 4.92. The van der Waals surface area contributed by atoms with Crippen molar-refractivity contribution in [3.8, 4) is 0 Å². The molecule has 112 valence electrons. The number of hydrogen-bond acceptors (Lipinski definition) is 3. The second-order valence-electron chi connectivity index (χ2n) is 6.47. The van der Waals surface area contributed by atoms with Gasteiger partial charge >= 0.3 is 0 Å². The van der Waals surface area contributed by atoms with E-state index < -0.39 is 5.91 Å². The number of primary amides is 1. The number of carbonyl (C=O) groups excluding carboxylic acids is 1. The molecule has 2 aromatic carbocycles. The molecule has 3 rings (SSSR count). The third kappa shape index (κ3) is 2.40. The van der Waals surface area contributed by atoms with Crippen molar-refractivity contribution in [1.29, 1.82) is 0 Å². The van der Waals surface area contributed by atoms with Crippen LogP contribution in [0, 0.1) is 0 Å². The van der Waals surface area contributed by atoms with E-state index in [1.54, 1.807) is 18.2 Å². The SMILES string of the molecule is CC(C)(C)c1ccc2sc3cc(C(N)=O)ccc3c(=O)c2c1. The number of carbonyl (C=O) groups is 1. The molecule has 0 spiro atoms. The summed E-state index contributed by atoms with van der Waals surface area (Å²) < 4.78 is 1.71. The summed E-state index contributed by atoms with van der Waals surface area (Å²) in [5, 5.41) is 1.37. The predicted molar refractivity (Wildman–Crippen MR) is 92.8 cm³/mol. The average Bonchev–Trinajstić information content (AvgIpc) is 2.45. The van der Waals surface area contributed by atoms with Crippen LogP contribution < -0.4 is 11.2 Å². The predicted octanol–water partition coefficient (Wildman–Crippen LogP) is 3.81. The zero-order chi connectivity index (χ0) is 16.1. The normalized spacial score (nSPS) is 12.0. The van der Waals surface area contributed by atoms with Crippen LogP contribution in [0.4, 0.5) is 0 Å². The van der Waals surface area contributed by atoms with Gasteiger partial charge in [-0.05, 0) is 41.3 Å². The highest BCUT2D eigenvalue weighted by atomic mass is 32.1. The zero-order valence-corrected chi connectivity index (χ0v) is 13.6. The summed E-state index contributed by atoms with van der Waals surface area (Å²) in [5.41, 5.74) is 6.87. The van der Waals surface area contributed by atoms with Crippen LogP contribution in [-0.2, 0) is 5.41 Å². The molecule has 1 heterocycles. The topological polar surface area (TPSA) is 60.2 Å². The van der Waals surface area contributed by atoms with Gasteiger partial charge in [-0.3, -0.25) is 9.59 Å². The minimum Gasteiger partial charge on any atom is -0.366 e. The molecule has 0 fully saturated rings. The fraction of sp³-hybridized carbons (Fsp3) is 0.222. The molecule has 0 saturated heterocycles. The lowest BCUT2D eigenvalue weighted by molar-refractivity contribution is 0.100. The van der Waals surface area contributed by atoms with Gasteiger partial charge in [0.2, 0.25) is 5.91 Å². The minimum absolute atomic E-state index is 0.00389. The molecule has 4 heteroatoms. The highest BCUT2D eigenvalue weighted by molar-refractivity contribution is 7.24. The summed E-state index contributed by atoms with van der Waals surface area (Å²) in [5.74, 6) is -0.482. The van der Waals surface area contributed by atoms with Crippen molar-refractivity contribution < 1.29 is 4.79 Å². The van der Waals surface area contributed by atoms with Crippen LogP contribution in [-0.4, -0.2) is 5.91 Å². The molecule has 0 aliphatic rings. The van der Waals surface area contributed by atoms with E-state index in [0.717, 1.165) is 20.3 Å². The van der Waals surface area contributed by atoms with Crippen molar-refractivity contribution in [2.75, 3.05) is 0 Å². The summed E-state index contributed by atoms with van der Waals surface area (Å²) in [6.45, 7) is 6.38. The Hall–Kier alpha value is -2.20. The Morgan fingerprint density at radius 3 is 2.36 bits per heavy atom. The Balaban J connectivity index is 2.36. The first-order valence-corrected chi connectivity index (χ1v) is 7.90. The van der Waals surface area contributed by atoms with Gasteiger partial charge in [-0.15, -0.1) is 11.3 Å². The van der Waals surface area contributed by atoms with Gasteiger partial charge in [-0.1, -0.05) is 26.8 Å². The Morgan fingerprint density at radius 2 is 1.73 bits per heavy atom. The molecule has 22 heavy (non-hydrogen) atoms. The maximum absolute atomic E-state index is 12.7. The molecule has 1 aromatic heterocycles. The van der Waals surface area contributed by atoms with E-state index in [1.807, 2.05) is 12.1 Å². The lowest BCUT2D eigenvalue weighted by atomic mass is 9.86. The van der Waals surface area contributed by atoms with E-state index in [0.29, 0.717) is 10.9 Å². The van der Waals surface area contributed by atoms with Gasteiger partial charge < -0.3 is 5.73 Å². The van der Waals surface area contributed by atoms with Crippen LogP contribution in [0.3, 0.4) is 0 Å². The van der Waals surface area contributed by atoms with E-state index in [9.17, 15) is 9.59 Å². The van der Waals surface area contributed by atoms with E-state index in [1.165, 1.54) is 11.3 Å². The van der Waals surface area contributed by atoms with Crippen LogP contribution in [0.2, 0.25) is 0 Å². The highest BCUT2D eigenvalue weighted by Crippen LogP contribution is 2.29. The van der Waals surface area contributed by atoms with Crippen LogP contribution >= 0.6 is 11.3 Å². The lowest BCUT2D eigenvalue weighted by Gasteiger charge is -2.19. The third-order valence-corrected chi connectivity index (χ3v) is 4.95. The average molecular weight is 311 g/mol. The number of hydrogen-bond donors (Lipinski definition) is 1. The number of fused-ring (bicyclic) bond motifs is 2. The summed E-state index contributed by atoms with van der Waals surface area (Å²) in [6.07, 6.45) is 0. The van der Waals surface area contributed by atoms with Crippen LogP contribution in [0.15, 0.2) is 41.2 Å². The largest absolute Gasteiger partial charge is 0.366 e. The van der Waals surface area contributed by atoms with Gasteiger partial charge in [0.25, 0.3) is 0 Å². The second-order valence-corrected chi connectivity index (χ2v) is 7.55. The fourth-order valence-electron chi connectivity index (χ4n) is 2.47. The molecule has 0 atom stereocenters. The molecule has 2 N–H and O–H groups in total. The Bertz CT molecular complexity index is 964. The molecular formula is C18H17NO2S. The molecule has 0 unspecified atom stereocenters. The number of rotatable bonds is 1. The highest BCUT2D eigenvalue weighted by Gasteiger charge is 2.16. The smallest absolute Gasteiger partial charge is 0.248 e.